The second-order valence-corrected chi connectivity index (χ2v) is 8.45. The van der Waals surface area contributed by atoms with Crippen molar-refractivity contribution in [3.63, 3.8) is 0 Å². The average molecular weight is 544 g/mol. The summed E-state index contributed by atoms with van der Waals surface area (Å²) in [6, 6.07) is 12.0. The van der Waals surface area contributed by atoms with Gasteiger partial charge in [0.05, 0.1) is 6.54 Å². The van der Waals surface area contributed by atoms with E-state index >= 15 is 0 Å². The lowest BCUT2D eigenvalue weighted by molar-refractivity contribution is 0.250. The van der Waals surface area contributed by atoms with Crippen molar-refractivity contribution in [2.45, 2.75) is 46.7 Å². The molecule has 0 aliphatic heterocycles. The second-order valence-electron chi connectivity index (χ2n) is 7.41. The van der Waals surface area contributed by atoms with Gasteiger partial charge in [0, 0.05) is 29.7 Å². The van der Waals surface area contributed by atoms with Crippen molar-refractivity contribution in [2.24, 2.45) is 10.9 Å². The predicted octanol–water partition coefficient (Wildman–Crippen LogP) is 4.83. The number of anilines is 1. The van der Waals surface area contributed by atoms with Crippen molar-refractivity contribution in [1.82, 2.24) is 16.0 Å². The van der Waals surface area contributed by atoms with E-state index in [1.807, 2.05) is 38.1 Å². The summed E-state index contributed by atoms with van der Waals surface area (Å²) in [6.45, 7) is 10.4. The summed E-state index contributed by atoms with van der Waals surface area (Å²) in [4.78, 5) is 17.9. The Balaban J connectivity index is 0.00000450. The highest BCUT2D eigenvalue weighted by molar-refractivity contribution is 14.0. The summed E-state index contributed by atoms with van der Waals surface area (Å²) in [5.74, 6) is 1.35. The van der Waals surface area contributed by atoms with E-state index in [0.29, 0.717) is 12.5 Å². The van der Waals surface area contributed by atoms with Gasteiger partial charge in [-0.05, 0) is 62.3 Å². The molecule has 6 nitrogen and oxygen atoms in total. The molecule has 2 aromatic rings. The Morgan fingerprint density at radius 2 is 1.83 bits per heavy atom. The number of hydrogen-bond donors (Lipinski definition) is 4. The molecule has 0 spiro atoms. The van der Waals surface area contributed by atoms with E-state index in [0.717, 1.165) is 36.7 Å². The standard InChI is InChI=1S/C22H33N5OS.HI/c1-5-23-21(24-14-17(4)13-20-7-6-12-29-20)25-15-18-8-10-19(11-9-18)27-22(28)26-16(2)3;/h6-12,16-17H,5,13-15H2,1-4H3,(H2,23,24,25)(H2,26,27,28);1H. The molecule has 1 unspecified atom stereocenters. The normalized spacial score (nSPS) is 12.1. The molecular formula is C22H34IN5OS. The van der Waals surface area contributed by atoms with Crippen molar-refractivity contribution in [2.75, 3.05) is 18.4 Å². The Morgan fingerprint density at radius 1 is 1.10 bits per heavy atom. The number of benzene rings is 1. The highest BCUT2D eigenvalue weighted by atomic mass is 127. The molecule has 166 valence electrons. The van der Waals surface area contributed by atoms with Crippen molar-refractivity contribution in [3.8, 4) is 0 Å². The average Bonchev–Trinajstić information content (AvgIpc) is 3.17. The molecular weight excluding hydrogens is 509 g/mol. The van der Waals surface area contributed by atoms with Gasteiger partial charge in [0.15, 0.2) is 5.96 Å². The minimum absolute atomic E-state index is 0. The molecule has 1 atom stereocenters. The number of rotatable bonds is 9. The van der Waals surface area contributed by atoms with Crippen LogP contribution in [0.1, 0.15) is 38.1 Å². The molecule has 4 N–H and O–H groups in total. The van der Waals surface area contributed by atoms with Gasteiger partial charge in [-0.1, -0.05) is 25.1 Å². The minimum atomic E-state index is -0.193. The summed E-state index contributed by atoms with van der Waals surface area (Å²) in [5.41, 5.74) is 1.85. The fourth-order valence-electron chi connectivity index (χ4n) is 2.75. The summed E-state index contributed by atoms with van der Waals surface area (Å²) in [7, 11) is 0. The summed E-state index contributed by atoms with van der Waals surface area (Å²) < 4.78 is 0. The Morgan fingerprint density at radius 3 is 2.43 bits per heavy atom. The largest absolute Gasteiger partial charge is 0.357 e. The molecule has 2 rings (SSSR count). The van der Waals surface area contributed by atoms with E-state index in [9.17, 15) is 4.79 Å². The number of carbonyl (C=O) groups is 1. The van der Waals surface area contributed by atoms with Gasteiger partial charge in [0.25, 0.3) is 0 Å². The third kappa shape index (κ3) is 10.3. The molecule has 1 aromatic carbocycles. The van der Waals surface area contributed by atoms with Crippen LogP contribution in [0.4, 0.5) is 10.5 Å². The van der Waals surface area contributed by atoms with E-state index in [2.05, 4.69) is 57.6 Å². The van der Waals surface area contributed by atoms with E-state index in [1.165, 1.54) is 4.88 Å². The van der Waals surface area contributed by atoms with Crippen molar-refractivity contribution in [1.29, 1.82) is 0 Å². The number of guanidine groups is 1. The van der Waals surface area contributed by atoms with Crippen molar-refractivity contribution >= 4 is 53.0 Å². The molecule has 0 saturated carbocycles. The zero-order valence-electron chi connectivity index (χ0n) is 18.2. The van der Waals surface area contributed by atoms with Gasteiger partial charge < -0.3 is 21.3 Å². The predicted molar refractivity (Wildman–Crippen MR) is 139 cm³/mol. The zero-order chi connectivity index (χ0) is 21.1. The van der Waals surface area contributed by atoms with Crippen LogP contribution >= 0.6 is 35.3 Å². The molecule has 0 radical (unpaired) electrons. The van der Waals surface area contributed by atoms with E-state index in [-0.39, 0.29) is 36.0 Å². The fourth-order valence-corrected chi connectivity index (χ4v) is 3.62. The molecule has 0 fully saturated rings. The number of amides is 2. The summed E-state index contributed by atoms with van der Waals surface area (Å²) in [6.07, 6.45) is 1.07. The van der Waals surface area contributed by atoms with Gasteiger partial charge in [-0.25, -0.2) is 9.79 Å². The smallest absolute Gasteiger partial charge is 0.319 e. The Bertz CT molecular complexity index is 762. The van der Waals surface area contributed by atoms with Crippen LogP contribution in [0.2, 0.25) is 0 Å². The molecule has 1 heterocycles. The van der Waals surface area contributed by atoms with Crippen molar-refractivity contribution < 1.29 is 4.79 Å². The van der Waals surface area contributed by atoms with Gasteiger partial charge in [-0.2, -0.15) is 0 Å². The Hall–Kier alpha value is -1.81. The molecule has 1 aromatic heterocycles. The maximum absolute atomic E-state index is 11.8. The lowest BCUT2D eigenvalue weighted by atomic mass is 10.1. The lowest BCUT2D eigenvalue weighted by Gasteiger charge is -2.15. The van der Waals surface area contributed by atoms with Crippen LogP contribution in [-0.4, -0.2) is 31.1 Å². The van der Waals surface area contributed by atoms with Gasteiger partial charge >= 0.3 is 6.03 Å². The molecule has 2 amide bonds. The second kappa shape index (κ2) is 14.2. The number of urea groups is 1. The quantitative estimate of drug-likeness (QED) is 0.208. The maximum Gasteiger partial charge on any atom is 0.319 e. The number of carbonyl (C=O) groups excluding carboxylic acids is 1. The monoisotopic (exact) mass is 543 g/mol. The van der Waals surface area contributed by atoms with E-state index in [1.54, 1.807) is 11.3 Å². The first kappa shape index (κ1) is 26.2. The molecule has 0 aliphatic carbocycles. The summed E-state index contributed by atoms with van der Waals surface area (Å²) >= 11 is 1.81. The van der Waals surface area contributed by atoms with Gasteiger partial charge in [0.1, 0.15) is 0 Å². The number of nitrogens with one attached hydrogen (secondary N) is 4. The van der Waals surface area contributed by atoms with E-state index in [4.69, 9.17) is 0 Å². The molecule has 30 heavy (non-hydrogen) atoms. The zero-order valence-corrected chi connectivity index (χ0v) is 21.3. The molecule has 0 saturated heterocycles. The van der Waals surface area contributed by atoms with Gasteiger partial charge in [-0.15, -0.1) is 35.3 Å². The number of halogens is 1. The van der Waals surface area contributed by atoms with Crippen LogP contribution in [0.15, 0.2) is 46.8 Å². The maximum atomic E-state index is 11.8. The van der Waals surface area contributed by atoms with Gasteiger partial charge in [-0.3, -0.25) is 0 Å². The Labute approximate surface area is 201 Å². The summed E-state index contributed by atoms with van der Waals surface area (Å²) in [5, 5.41) is 14.5. The number of hydrogen-bond acceptors (Lipinski definition) is 3. The topological polar surface area (TPSA) is 77.5 Å². The first-order valence-electron chi connectivity index (χ1n) is 10.2. The van der Waals surface area contributed by atoms with Crippen LogP contribution in [0.25, 0.3) is 0 Å². The van der Waals surface area contributed by atoms with E-state index < -0.39 is 0 Å². The molecule has 0 bridgehead atoms. The van der Waals surface area contributed by atoms with Crippen molar-refractivity contribution in [3.05, 3.63) is 52.2 Å². The van der Waals surface area contributed by atoms with Crippen LogP contribution in [0.5, 0.6) is 0 Å². The minimum Gasteiger partial charge on any atom is -0.357 e. The third-order valence-corrected chi connectivity index (χ3v) is 5.04. The molecule has 0 aliphatic rings. The van der Waals surface area contributed by atoms with Crippen LogP contribution < -0.4 is 21.3 Å². The first-order valence-corrected chi connectivity index (χ1v) is 11.0. The first-order chi connectivity index (χ1) is 14.0. The SMILES string of the molecule is CCNC(=NCc1ccc(NC(=O)NC(C)C)cc1)NCC(C)Cc1cccs1.I. The molecule has 8 heteroatoms. The lowest BCUT2D eigenvalue weighted by Crippen LogP contribution is -2.39. The number of aliphatic imine (C=N–C) groups is 1. The van der Waals surface area contributed by atoms with Crippen LogP contribution in [0.3, 0.4) is 0 Å². The number of thiophene rings is 1. The highest BCUT2D eigenvalue weighted by Gasteiger charge is 2.07. The van der Waals surface area contributed by atoms with Gasteiger partial charge in [0.2, 0.25) is 0 Å². The fraction of sp³-hybridized carbons (Fsp3) is 0.455. The number of nitrogens with zero attached hydrogens (tertiary/aromatic N) is 1. The highest BCUT2D eigenvalue weighted by Crippen LogP contribution is 2.14. The Kier molecular flexibility index (Phi) is 12.4. The van der Waals surface area contributed by atoms with Crippen LogP contribution in [0, 0.1) is 5.92 Å². The van der Waals surface area contributed by atoms with Crippen LogP contribution in [-0.2, 0) is 13.0 Å². The third-order valence-electron chi connectivity index (χ3n) is 4.14.